The van der Waals surface area contributed by atoms with Crippen molar-refractivity contribution in [1.82, 2.24) is 4.98 Å². The van der Waals surface area contributed by atoms with Gasteiger partial charge in [0, 0.05) is 11.4 Å². The number of sulfone groups is 1. The predicted octanol–water partition coefficient (Wildman–Crippen LogP) is 5.32. The summed E-state index contributed by atoms with van der Waals surface area (Å²) >= 11 is 0. The van der Waals surface area contributed by atoms with Crippen LogP contribution in [-0.2, 0) is 15.6 Å². The monoisotopic (exact) mass is 373 g/mol. The fourth-order valence-electron chi connectivity index (χ4n) is 3.08. The third-order valence-corrected chi connectivity index (χ3v) is 6.18. The molecule has 0 spiro atoms. The molecule has 0 atom stereocenters. The SMILES string of the molecule is O=S(=O)(Cc1ccc(-c2ccc(-c3ccccc3)cc2)[nH]1)c1ccccc1. The van der Waals surface area contributed by atoms with Crippen molar-refractivity contribution >= 4 is 9.84 Å². The minimum atomic E-state index is -3.36. The Morgan fingerprint density at radius 1 is 0.593 bits per heavy atom. The molecule has 0 aliphatic rings. The van der Waals surface area contributed by atoms with Crippen LogP contribution < -0.4 is 0 Å². The van der Waals surface area contributed by atoms with E-state index in [1.807, 2.05) is 48.5 Å². The highest BCUT2D eigenvalue weighted by Crippen LogP contribution is 2.25. The first-order valence-corrected chi connectivity index (χ1v) is 10.4. The Bertz CT molecular complexity index is 1130. The standard InChI is InChI=1S/C23H19NO2S/c25-27(26,22-9-5-2-6-10-22)17-21-15-16-23(24-21)20-13-11-19(12-14-20)18-7-3-1-4-8-18/h1-16,24H,17H2. The molecule has 0 fully saturated rings. The lowest BCUT2D eigenvalue weighted by atomic mass is 10.0. The molecule has 0 saturated heterocycles. The molecule has 134 valence electrons. The van der Waals surface area contributed by atoms with E-state index in [1.54, 1.807) is 24.3 Å². The van der Waals surface area contributed by atoms with E-state index in [1.165, 1.54) is 5.56 Å². The number of hydrogen-bond acceptors (Lipinski definition) is 2. The lowest BCUT2D eigenvalue weighted by Crippen LogP contribution is -2.05. The van der Waals surface area contributed by atoms with Gasteiger partial charge in [0.2, 0.25) is 0 Å². The van der Waals surface area contributed by atoms with Gasteiger partial charge in [-0.2, -0.15) is 0 Å². The van der Waals surface area contributed by atoms with E-state index in [9.17, 15) is 8.42 Å². The van der Waals surface area contributed by atoms with Crippen molar-refractivity contribution in [3.05, 3.63) is 103 Å². The van der Waals surface area contributed by atoms with E-state index in [0.717, 1.165) is 16.8 Å². The molecular formula is C23H19NO2S. The molecule has 1 heterocycles. The van der Waals surface area contributed by atoms with Gasteiger partial charge in [-0.3, -0.25) is 0 Å². The van der Waals surface area contributed by atoms with Crippen molar-refractivity contribution in [3.8, 4) is 22.4 Å². The number of H-pyrrole nitrogens is 1. The van der Waals surface area contributed by atoms with Crippen molar-refractivity contribution in [1.29, 1.82) is 0 Å². The Morgan fingerprint density at radius 2 is 1.15 bits per heavy atom. The van der Waals surface area contributed by atoms with Crippen molar-refractivity contribution in [2.75, 3.05) is 0 Å². The largest absolute Gasteiger partial charge is 0.358 e. The van der Waals surface area contributed by atoms with E-state index in [4.69, 9.17) is 0 Å². The van der Waals surface area contributed by atoms with Crippen molar-refractivity contribution < 1.29 is 8.42 Å². The first-order valence-electron chi connectivity index (χ1n) is 8.73. The minimum absolute atomic E-state index is 0.0425. The molecule has 0 aliphatic carbocycles. The van der Waals surface area contributed by atoms with E-state index < -0.39 is 9.84 Å². The van der Waals surface area contributed by atoms with Gasteiger partial charge in [-0.1, -0.05) is 72.8 Å². The summed E-state index contributed by atoms with van der Waals surface area (Å²) < 4.78 is 25.1. The second kappa shape index (κ2) is 7.25. The van der Waals surface area contributed by atoms with Crippen LogP contribution in [0.2, 0.25) is 0 Å². The zero-order chi connectivity index (χ0) is 18.7. The quantitative estimate of drug-likeness (QED) is 0.514. The second-order valence-corrected chi connectivity index (χ2v) is 8.40. The fourth-order valence-corrected chi connectivity index (χ4v) is 4.40. The third kappa shape index (κ3) is 3.86. The summed E-state index contributed by atoms with van der Waals surface area (Å²) in [5.74, 6) is -0.0425. The van der Waals surface area contributed by atoms with Crippen LogP contribution in [0.3, 0.4) is 0 Å². The molecule has 0 aliphatic heterocycles. The van der Waals surface area contributed by atoms with Gasteiger partial charge in [-0.05, 0) is 41.0 Å². The van der Waals surface area contributed by atoms with Gasteiger partial charge >= 0.3 is 0 Å². The van der Waals surface area contributed by atoms with Crippen LogP contribution in [-0.4, -0.2) is 13.4 Å². The molecule has 0 saturated carbocycles. The van der Waals surface area contributed by atoms with Crippen molar-refractivity contribution in [3.63, 3.8) is 0 Å². The minimum Gasteiger partial charge on any atom is -0.358 e. The molecule has 0 unspecified atom stereocenters. The molecule has 1 N–H and O–H groups in total. The Morgan fingerprint density at radius 3 is 1.81 bits per heavy atom. The van der Waals surface area contributed by atoms with Crippen LogP contribution >= 0.6 is 0 Å². The lowest BCUT2D eigenvalue weighted by molar-refractivity contribution is 0.595. The van der Waals surface area contributed by atoms with Crippen molar-refractivity contribution in [2.24, 2.45) is 0 Å². The molecule has 0 amide bonds. The summed E-state index contributed by atoms with van der Waals surface area (Å²) in [6, 6.07) is 30.7. The highest BCUT2D eigenvalue weighted by atomic mass is 32.2. The fraction of sp³-hybridized carbons (Fsp3) is 0.0435. The highest BCUT2D eigenvalue weighted by Gasteiger charge is 2.16. The number of aromatic nitrogens is 1. The van der Waals surface area contributed by atoms with Crippen LogP contribution in [0.15, 0.2) is 102 Å². The lowest BCUT2D eigenvalue weighted by Gasteiger charge is -2.04. The van der Waals surface area contributed by atoms with Crippen molar-refractivity contribution in [2.45, 2.75) is 10.6 Å². The molecule has 3 nitrogen and oxygen atoms in total. The van der Waals surface area contributed by atoms with Gasteiger partial charge in [-0.15, -0.1) is 0 Å². The molecule has 3 aromatic carbocycles. The zero-order valence-electron chi connectivity index (χ0n) is 14.7. The number of rotatable bonds is 5. The van der Waals surface area contributed by atoms with Crippen LogP contribution in [0.25, 0.3) is 22.4 Å². The molecule has 4 aromatic rings. The Hall–Kier alpha value is -3.11. The van der Waals surface area contributed by atoms with Gasteiger partial charge in [0.25, 0.3) is 0 Å². The summed E-state index contributed by atoms with van der Waals surface area (Å²) in [7, 11) is -3.36. The Kier molecular flexibility index (Phi) is 4.65. The topological polar surface area (TPSA) is 49.9 Å². The molecule has 0 radical (unpaired) electrons. The molecule has 4 rings (SSSR count). The third-order valence-electron chi connectivity index (χ3n) is 4.50. The average molecular weight is 373 g/mol. The zero-order valence-corrected chi connectivity index (χ0v) is 15.5. The summed E-state index contributed by atoms with van der Waals surface area (Å²) in [4.78, 5) is 3.58. The number of hydrogen-bond donors (Lipinski definition) is 1. The number of nitrogens with one attached hydrogen (secondary N) is 1. The highest BCUT2D eigenvalue weighted by molar-refractivity contribution is 7.90. The molecule has 1 aromatic heterocycles. The van der Waals surface area contributed by atoms with Gasteiger partial charge in [0.05, 0.1) is 10.6 Å². The maximum absolute atomic E-state index is 12.5. The van der Waals surface area contributed by atoms with Gasteiger partial charge in [0.1, 0.15) is 0 Å². The van der Waals surface area contributed by atoms with Gasteiger partial charge < -0.3 is 4.98 Å². The van der Waals surface area contributed by atoms with E-state index in [-0.39, 0.29) is 5.75 Å². The van der Waals surface area contributed by atoms with E-state index >= 15 is 0 Å². The Balaban J connectivity index is 1.54. The molecule has 0 bridgehead atoms. The normalized spacial score (nSPS) is 11.4. The second-order valence-electron chi connectivity index (χ2n) is 6.41. The first kappa shape index (κ1) is 17.3. The maximum atomic E-state index is 12.5. The van der Waals surface area contributed by atoms with Crippen LogP contribution in [0.4, 0.5) is 0 Å². The molecule has 4 heteroatoms. The predicted molar refractivity (Wildman–Crippen MR) is 109 cm³/mol. The smallest absolute Gasteiger partial charge is 0.183 e. The van der Waals surface area contributed by atoms with E-state index in [2.05, 4.69) is 29.2 Å². The van der Waals surface area contributed by atoms with Crippen LogP contribution in [0, 0.1) is 0 Å². The van der Waals surface area contributed by atoms with Gasteiger partial charge in [0.15, 0.2) is 9.84 Å². The molecular weight excluding hydrogens is 354 g/mol. The number of benzene rings is 3. The summed E-state index contributed by atoms with van der Waals surface area (Å²) in [5.41, 5.74) is 4.94. The van der Waals surface area contributed by atoms with E-state index in [0.29, 0.717) is 10.6 Å². The summed E-state index contributed by atoms with van der Waals surface area (Å²) in [5, 5.41) is 0. The summed E-state index contributed by atoms with van der Waals surface area (Å²) in [6.07, 6.45) is 0. The van der Waals surface area contributed by atoms with Crippen LogP contribution in [0.1, 0.15) is 5.69 Å². The van der Waals surface area contributed by atoms with Crippen LogP contribution in [0.5, 0.6) is 0 Å². The average Bonchev–Trinajstić information content (AvgIpc) is 3.17. The van der Waals surface area contributed by atoms with Gasteiger partial charge in [-0.25, -0.2) is 8.42 Å². The molecule has 27 heavy (non-hydrogen) atoms. The maximum Gasteiger partial charge on any atom is 0.183 e. The first-order chi connectivity index (χ1) is 13.1. The Labute approximate surface area is 159 Å². The summed E-state index contributed by atoms with van der Waals surface area (Å²) in [6.45, 7) is 0. The number of aromatic amines is 1.